The van der Waals surface area contributed by atoms with Gasteiger partial charge in [0.1, 0.15) is 11.9 Å². The number of hydrogen-bond donors (Lipinski definition) is 0. The molecule has 35 heavy (non-hydrogen) atoms. The normalized spacial score (nSPS) is 16.4. The van der Waals surface area contributed by atoms with E-state index in [0.29, 0.717) is 50.4 Å². The van der Waals surface area contributed by atoms with Crippen LogP contribution < -0.4 is 9.47 Å². The molecule has 2 aliphatic rings. The molecule has 0 spiro atoms. The number of carbonyl (C=O) groups excluding carboxylic acids is 1. The van der Waals surface area contributed by atoms with Crippen molar-refractivity contribution in [3.8, 4) is 11.5 Å². The molecule has 3 aromatic carbocycles. The first-order valence-corrected chi connectivity index (χ1v) is 12.6. The molecule has 1 atom stereocenters. The molecular formula is C26H21Cl2N3O3S. The molecule has 5 rings (SSSR count). The number of benzene rings is 3. The highest BCUT2D eigenvalue weighted by Gasteiger charge is 2.42. The standard InChI is InChI=1S/C26H21Cl2N3O3S/c1-33-22-12-18-20(13-23(22)34-2)29-26(35-14-16-8-9-17(27)11-19(16)28)31-21(25(32)30-24(18)31)10-15-6-4-3-5-7-15/h3-9,11-13,21H,10,14H2,1-2H3/t21-/m0/s1. The minimum absolute atomic E-state index is 0.204. The Bertz CT molecular complexity index is 1360. The van der Waals surface area contributed by atoms with E-state index in [1.165, 1.54) is 11.8 Å². The van der Waals surface area contributed by atoms with Crippen LogP contribution >= 0.6 is 35.0 Å². The number of amides is 1. The lowest BCUT2D eigenvalue weighted by Crippen LogP contribution is -2.44. The number of halogens is 2. The van der Waals surface area contributed by atoms with Crippen LogP contribution in [0.25, 0.3) is 0 Å². The molecular weight excluding hydrogens is 505 g/mol. The molecule has 0 fully saturated rings. The van der Waals surface area contributed by atoms with Crippen molar-refractivity contribution in [1.82, 2.24) is 4.90 Å². The van der Waals surface area contributed by atoms with Gasteiger partial charge in [-0.1, -0.05) is 71.4 Å². The fraction of sp³-hybridized carbons (Fsp3) is 0.192. The van der Waals surface area contributed by atoms with Crippen molar-refractivity contribution < 1.29 is 14.3 Å². The van der Waals surface area contributed by atoms with E-state index >= 15 is 0 Å². The highest BCUT2D eigenvalue weighted by atomic mass is 35.5. The first kappa shape index (κ1) is 23.7. The van der Waals surface area contributed by atoms with Crippen LogP contribution in [-0.2, 0) is 17.0 Å². The molecule has 178 valence electrons. The fourth-order valence-corrected chi connectivity index (χ4v) is 5.71. The zero-order chi connectivity index (χ0) is 24.5. The van der Waals surface area contributed by atoms with E-state index in [1.54, 1.807) is 26.4 Å². The summed E-state index contributed by atoms with van der Waals surface area (Å²) >= 11 is 14.0. The van der Waals surface area contributed by atoms with Crippen LogP contribution in [0.1, 0.15) is 16.7 Å². The molecule has 0 aromatic heterocycles. The number of aliphatic imine (C=N–C) groups is 2. The Morgan fingerprint density at radius 2 is 1.71 bits per heavy atom. The average Bonchev–Trinajstić information content (AvgIpc) is 3.19. The summed E-state index contributed by atoms with van der Waals surface area (Å²) in [6.07, 6.45) is 0.510. The Labute approximate surface area is 217 Å². The lowest BCUT2D eigenvalue weighted by molar-refractivity contribution is -0.119. The van der Waals surface area contributed by atoms with E-state index in [1.807, 2.05) is 53.4 Å². The molecule has 3 aromatic rings. The van der Waals surface area contributed by atoms with Gasteiger partial charge in [-0.2, -0.15) is 4.99 Å². The third kappa shape index (κ3) is 4.63. The van der Waals surface area contributed by atoms with Gasteiger partial charge < -0.3 is 9.47 Å². The van der Waals surface area contributed by atoms with Crippen molar-refractivity contribution in [2.75, 3.05) is 14.2 Å². The maximum atomic E-state index is 13.2. The summed E-state index contributed by atoms with van der Waals surface area (Å²) in [5.41, 5.74) is 3.35. The largest absolute Gasteiger partial charge is 0.493 e. The zero-order valence-corrected chi connectivity index (χ0v) is 21.3. The highest BCUT2D eigenvalue weighted by Crippen LogP contribution is 2.42. The van der Waals surface area contributed by atoms with Gasteiger partial charge in [-0.15, -0.1) is 0 Å². The Morgan fingerprint density at radius 3 is 2.43 bits per heavy atom. The first-order chi connectivity index (χ1) is 17.0. The summed E-state index contributed by atoms with van der Waals surface area (Å²) in [6, 6.07) is 18.5. The summed E-state index contributed by atoms with van der Waals surface area (Å²) in [5.74, 6) is 2.01. The number of methoxy groups -OCH3 is 2. The SMILES string of the molecule is COc1cc2c(cc1OC)C1=NC(=O)[C@H](Cc3ccccc3)N1C(SCc1ccc(Cl)cc1Cl)=N2. The van der Waals surface area contributed by atoms with Crippen LogP contribution in [-0.4, -0.2) is 42.1 Å². The van der Waals surface area contributed by atoms with Crippen molar-refractivity contribution in [1.29, 1.82) is 0 Å². The summed E-state index contributed by atoms with van der Waals surface area (Å²) in [6.45, 7) is 0. The number of fused-ring (bicyclic) bond motifs is 3. The number of nitrogens with zero attached hydrogens (tertiary/aromatic N) is 3. The number of carbonyl (C=O) groups is 1. The van der Waals surface area contributed by atoms with Gasteiger partial charge in [0.2, 0.25) is 0 Å². The molecule has 0 aliphatic carbocycles. The van der Waals surface area contributed by atoms with E-state index in [4.69, 9.17) is 37.7 Å². The van der Waals surface area contributed by atoms with E-state index in [2.05, 4.69) is 4.99 Å². The van der Waals surface area contributed by atoms with Gasteiger partial charge in [-0.3, -0.25) is 9.69 Å². The third-order valence-corrected chi connectivity index (χ3v) is 7.44. The molecule has 0 saturated carbocycles. The summed E-state index contributed by atoms with van der Waals surface area (Å²) in [4.78, 5) is 24.5. The van der Waals surface area contributed by atoms with E-state index < -0.39 is 6.04 Å². The zero-order valence-electron chi connectivity index (χ0n) is 19.0. The maximum absolute atomic E-state index is 13.2. The average molecular weight is 526 g/mol. The van der Waals surface area contributed by atoms with Gasteiger partial charge in [0.25, 0.3) is 5.91 Å². The van der Waals surface area contributed by atoms with Crippen molar-refractivity contribution >= 4 is 57.6 Å². The Hall–Kier alpha value is -3.00. The van der Waals surface area contributed by atoms with E-state index in [9.17, 15) is 4.79 Å². The van der Waals surface area contributed by atoms with E-state index in [0.717, 1.165) is 16.7 Å². The summed E-state index contributed by atoms with van der Waals surface area (Å²) in [5, 5.41) is 1.83. The molecule has 0 bridgehead atoms. The molecule has 2 aliphatic heterocycles. The van der Waals surface area contributed by atoms with Gasteiger partial charge >= 0.3 is 0 Å². The second kappa shape index (κ2) is 9.93. The Kier molecular flexibility index (Phi) is 6.73. The fourth-order valence-electron chi connectivity index (χ4n) is 4.10. The molecule has 9 heteroatoms. The lowest BCUT2D eigenvalue weighted by Gasteiger charge is -2.31. The van der Waals surface area contributed by atoms with Gasteiger partial charge in [0.05, 0.1) is 19.9 Å². The van der Waals surface area contributed by atoms with Crippen molar-refractivity contribution in [3.63, 3.8) is 0 Å². The van der Waals surface area contributed by atoms with Crippen molar-refractivity contribution in [2.24, 2.45) is 9.98 Å². The minimum atomic E-state index is -0.499. The maximum Gasteiger partial charge on any atom is 0.271 e. The number of rotatable bonds is 6. The van der Waals surface area contributed by atoms with Gasteiger partial charge in [0, 0.05) is 33.8 Å². The number of thioether (sulfide) groups is 1. The smallest absolute Gasteiger partial charge is 0.271 e. The van der Waals surface area contributed by atoms with Crippen molar-refractivity contribution in [2.45, 2.75) is 18.2 Å². The molecule has 0 radical (unpaired) electrons. The molecule has 1 amide bonds. The van der Waals surface area contributed by atoms with Crippen LogP contribution in [0.3, 0.4) is 0 Å². The van der Waals surface area contributed by atoms with Crippen molar-refractivity contribution in [3.05, 3.63) is 87.4 Å². The second-order valence-electron chi connectivity index (χ2n) is 7.99. The Balaban J connectivity index is 1.55. The summed E-state index contributed by atoms with van der Waals surface area (Å²) in [7, 11) is 3.15. The lowest BCUT2D eigenvalue weighted by atomic mass is 10.0. The number of hydrogen-bond acceptors (Lipinski definition) is 6. The molecule has 2 heterocycles. The van der Waals surface area contributed by atoms with Gasteiger partial charge in [0.15, 0.2) is 16.7 Å². The summed E-state index contributed by atoms with van der Waals surface area (Å²) < 4.78 is 11.0. The first-order valence-electron chi connectivity index (χ1n) is 10.9. The van der Waals surface area contributed by atoms with E-state index in [-0.39, 0.29) is 5.91 Å². The molecule has 0 unspecified atom stereocenters. The second-order valence-corrected chi connectivity index (χ2v) is 9.78. The van der Waals surface area contributed by atoms with Crippen LogP contribution in [0.4, 0.5) is 5.69 Å². The molecule has 6 nitrogen and oxygen atoms in total. The van der Waals surface area contributed by atoms with Crippen LogP contribution in [0.5, 0.6) is 11.5 Å². The van der Waals surface area contributed by atoms with Crippen LogP contribution in [0.15, 0.2) is 70.6 Å². The predicted molar refractivity (Wildman–Crippen MR) is 142 cm³/mol. The van der Waals surface area contributed by atoms with Gasteiger partial charge in [-0.05, 0) is 29.3 Å². The molecule has 0 saturated heterocycles. The molecule has 0 N–H and O–H groups in total. The van der Waals surface area contributed by atoms with Crippen LogP contribution in [0.2, 0.25) is 10.0 Å². The minimum Gasteiger partial charge on any atom is -0.493 e. The number of amidine groups is 2. The third-order valence-electron chi connectivity index (χ3n) is 5.85. The monoisotopic (exact) mass is 525 g/mol. The quantitative estimate of drug-likeness (QED) is 0.386. The van der Waals surface area contributed by atoms with Gasteiger partial charge in [-0.25, -0.2) is 4.99 Å². The number of ether oxygens (including phenoxy) is 2. The predicted octanol–water partition coefficient (Wildman–Crippen LogP) is 6.15. The van der Waals surface area contributed by atoms with Crippen LogP contribution in [0, 0.1) is 0 Å². The highest BCUT2D eigenvalue weighted by molar-refractivity contribution is 8.13. The Morgan fingerprint density at radius 1 is 0.971 bits per heavy atom. The topological polar surface area (TPSA) is 63.5 Å².